The number of nitrogens with one attached hydrogen (secondary N) is 3. The molecule has 0 saturated carbocycles. The van der Waals surface area contributed by atoms with Crippen LogP contribution >= 0.6 is 23.5 Å². The Kier molecular flexibility index (Phi) is 8.40. The third kappa shape index (κ3) is 6.03. The lowest BCUT2D eigenvalue weighted by Gasteiger charge is -2.11. The Morgan fingerprint density at radius 1 is 1.50 bits per heavy atom. The van der Waals surface area contributed by atoms with E-state index < -0.39 is 0 Å². The van der Waals surface area contributed by atoms with Gasteiger partial charge in [-0.3, -0.25) is 4.79 Å². The summed E-state index contributed by atoms with van der Waals surface area (Å²) in [5, 5.41) is 11.1. The molecule has 0 saturated heterocycles. The van der Waals surface area contributed by atoms with Gasteiger partial charge in [0.15, 0.2) is 12.6 Å². The van der Waals surface area contributed by atoms with Gasteiger partial charge < -0.3 is 16.0 Å². The molecule has 2 rings (SSSR count). The van der Waals surface area contributed by atoms with Crippen molar-refractivity contribution in [1.29, 1.82) is 0 Å². The first-order chi connectivity index (χ1) is 13.5. The number of nitrogens with zero attached hydrogens (tertiary/aromatic N) is 2. The molecule has 3 N–H and O–H groups in total. The maximum absolute atomic E-state index is 11.9. The number of allylic oxidation sites excluding steroid dienone is 5. The Morgan fingerprint density at radius 2 is 2.29 bits per heavy atom. The van der Waals surface area contributed by atoms with Gasteiger partial charge >= 0.3 is 5.70 Å². The molecule has 8 nitrogen and oxygen atoms in total. The Bertz CT molecular complexity index is 812. The minimum Gasteiger partial charge on any atom is -0.359 e. The minimum atomic E-state index is -0.219. The van der Waals surface area contributed by atoms with Gasteiger partial charge in [0.2, 0.25) is 5.91 Å². The first-order valence-corrected chi connectivity index (χ1v) is 10.6. The summed E-state index contributed by atoms with van der Waals surface area (Å²) in [6.45, 7) is 3.42. The van der Waals surface area contributed by atoms with E-state index in [4.69, 9.17) is 4.84 Å². The third-order valence-corrected chi connectivity index (χ3v) is 5.34. The van der Waals surface area contributed by atoms with Gasteiger partial charge in [0.05, 0.1) is 21.8 Å². The zero-order valence-corrected chi connectivity index (χ0v) is 17.8. The lowest BCUT2D eigenvalue weighted by molar-refractivity contribution is -0.758. The van der Waals surface area contributed by atoms with Crippen LogP contribution in [0.15, 0.2) is 62.4 Å². The van der Waals surface area contributed by atoms with E-state index in [2.05, 4.69) is 20.9 Å². The Labute approximate surface area is 172 Å². The maximum Gasteiger partial charge on any atom is 0.336 e. The molecule has 0 aromatic carbocycles. The van der Waals surface area contributed by atoms with Crippen LogP contribution in [-0.4, -0.2) is 36.0 Å². The van der Waals surface area contributed by atoms with Crippen LogP contribution in [0.3, 0.4) is 0 Å². The van der Waals surface area contributed by atoms with Crippen molar-refractivity contribution in [3.05, 3.63) is 62.3 Å². The molecule has 0 aromatic rings. The van der Waals surface area contributed by atoms with Crippen molar-refractivity contribution < 1.29 is 14.6 Å². The molecule has 0 fully saturated rings. The summed E-state index contributed by atoms with van der Waals surface area (Å²) < 4.78 is 0. The summed E-state index contributed by atoms with van der Waals surface area (Å²) >= 11 is 3.03. The zero-order chi connectivity index (χ0) is 20.5. The number of carbonyl (C=O) groups excluding carboxylic acids is 1. The van der Waals surface area contributed by atoms with E-state index >= 15 is 0 Å². The molecule has 0 radical (unpaired) electrons. The molecule has 150 valence electrons. The number of rotatable bonds is 8. The molecular formula is C18H24N5O3S2+. The predicted molar refractivity (Wildman–Crippen MR) is 115 cm³/mol. The van der Waals surface area contributed by atoms with Gasteiger partial charge in [-0.2, -0.15) is 0 Å². The number of amides is 1. The van der Waals surface area contributed by atoms with Gasteiger partial charge in [-0.05, 0) is 18.6 Å². The maximum atomic E-state index is 11.9. The Balaban J connectivity index is 2.16. The van der Waals surface area contributed by atoms with Crippen LogP contribution in [0, 0.1) is 4.91 Å². The van der Waals surface area contributed by atoms with Crippen LogP contribution in [0.5, 0.6) is 0 Å². The summed E-state index contributed by atoms with van der Waals surface area (Å²) in [6, 6.07) is 0. The van der Waals surface area contributed by atoms with Crippen molar-refractivity contribution in [3.63, 3.8) is 0 Å². The predicted octanol–water partition coefficient (Wildman–Crippen LogP) is 2.86. The summed E-state index contributed by atoms with van der Waals surface area (Å²) in [7, 11) is 1.32. The van der Waals surface area contributed by atoms with E-state index in [0.29, 0.717) is 22.7 Å². The Hall–Kier alpha value is -2.46. The number of aliphatic imine (C=N–C) groups is 1. The van der Waals surface area contributed by atoms with Gasteiger partial charge in [-0.15, -0.1) is 11.8 Å². The molecule has 0 aromatic heterocycles. The highest BCUT2D eigenvalue weighted by Gasteiger charge is 2.25. The summed E-state index contributed by atoms with van der Waals surface area (Å²) in [6.07, 6.45) is 11.3. The van der Waals surface area contributed by atoms with Gasteiger partial charge in [0.25, 0.3) is 4.92 Å². The fourth-order valence-electron chi connectivity index (χ4n) is 2.45. The summed E-state index contributed by atoms with van der Waals surface area (Å²) in [5.74, 6) is -0.103. The Morgan fingerprint density at radius 3 is 2.96 bits per heavy atom. The first kappa shape index (κ1) is 21.8. The fourth-order valence-corrected chi connectivity index (χ4v) is 4.09. The topological polar surface area (TPSA) is 94.8 Å². The minimum absolute atomic E-state index is 0.103. The molecule has 2 aliphatic rings. The van der Waals surface area contributed by atoms with Crippen LogP contribution in [0.1, 0.15) is 20.3 Å². The average Bonchev–Trinajstić information content (AvgIpc) is 2.86. The monoisotopic (exact) mass is 422 g/mol. The van der Waals surface area contributed by atoms with Crippen molar-refractivity contribution in [2.24, 2.45) is 4.99 Å². The highest BCUT2D eigenvalue weighted by atomic mass is 32.2. The first-order valence-electron chi connectivity index (χ1n) is 8.47. The van der Waals surface area contributed by atoms with Crippen molar-refractivity contribution in [3.8, 4) is 0 Å². The third-order valence-electron chi connectivity index (χ3n) is 3.66. The number of carbonyl (C=O) groups is 1. The molecular weight excluding hydrogens is 398 g/mol. The average molecular weight is 423 g/mol. The van der Waals surface area contributed by atoms with Crippen LogP contribution in [0.25, 0.3) is 0 Å². The van der Waals surface area contributed by atoms with Crippen LogP contribution in [-0.2, 0) is 9.63 Å². The highest BCUT2D eigenvalue weighted by molar-refractivity contribution is 8.04. The van der Waals surface area contributed by atoms with Gasteiger partial charge in [-0.1, -0.05) is 30.0 Å². The van der Waals surface area contributed by atoms with E-state index in [1.807, 2.05) is 30.7 Å². The lowest BCUT2D eigenvalue weighted by atomic mass is 10.2. The normalized spacial score (nSPS) is 19.7. The number of hydrogen-bond acceptors (Lipinski definition) is 7. The molecule has 1 atom stereocenters. The lowest BCUT2D eigenvalue weighted by Crippen LogP contribution is -2.38. The van der Waals surface area contributed by atoms with Crippen molar-refractivity contribution in [1.82, 2.24) is 16.0 Å². The smallest absolute Gasteiger partial charge is 0.336 e. The van der Waals surface area contributed by atoms with Gasteiger partial charge in [0, 0.05) is 25.1 Å². The molecule has 1 aliphatic carbocycles. The van der Waals surface area contributed by atoms with E-state index in [0.717, 1.165) is 16.3 Å². The SMILES string of the molecule is CO[N+](=O)C1=C(NC=N/C(=C\SC)C2=C(C)NC(NC(C)=O)S2)CC=CC=C1. The van der Waals surface area contributed by atoms with Crippen molar-refractivity contribution in [2.45, 2.75) is 25.8 Å². The van der Waals surface area contributed by atoms with E-state index in [9.17, 15) is 9.70 Å². The van der Waals surface area contributed by atoms with E-state index in [1.54, 1.807) is 18.5 Å². The molecule has 0 bridgehead atoms. The van der Waals surface area contributed by atoms with Crippen molar-refractivity contribution >= 4 is 35.8 Å². The standard InChI is InChI=1S/C18H23N5O3S2/c1-12-17(28-18(21-12)22-13(2)24)15(10-27-4)20-11-19-14-8-6-5-7-9-16(14)23(25)26-3/h5-7,9-11,18,21H,8H2,1-4H3,(H-,19,20,22,24,25)/p+1/b15-10-. The quantitative estimate of drug-likeness (QED) is 0.314. The second kappa shape index (κ2) is 10.8. The second-order valence-corrected chi connectivity index (χ2v) is 7.56. The molecule has 1 unspecified atom stereocenters. The largest absolute Gasteiger partial charge is 0.359 e. The number of hydrogen-bond donors (Lipinski definition) is 3. The van der Waals surface area contributed by atoms with E-state index in [1.165, 1.54) is 37.6 Å². The molecule has 28 heavy (non-hydrogen) atoms. The van der Waals surface area contributed by atoms with Crippen LogP contribution in [0.2, 0.25) is 0 Å². The molecule has 1 amide bonds. The molecule has 1 heterocycles. The number of thioether (sulfide) groups is 2. The van der Waals surface area contributed by atoms with Crippen molar-refractivity contribution in [2.75, 3.05) is 13.4 Å². The van der Waals surface area contributed by atoms with Gasteiger partial charge in [0.1, 0.15) is 5.70 Å². The molecule has 10 heteroatoms. The second-order valence-electron chi connectivity index (χ2n) is 5.73. The summed E-state index contributed by atoms with van der Waals surface area (Å²) in [5.41, 5.74) is 2.53. The molecule has 0 spiro atoms. The van der Waals surface area contributed by atoms with Crippen LogP contribution in [0.4, 0.5) is 0 Å². The highest BCUT2D eigenvalue weighted by Crippen LogP contribution is 2.35. The summed E-state index contributed by atoms with van der Waals surface area (Å²) in [4.78, 5) is 33.9. The fraction of sp³-hybridized carbons (Fsp3) is 0.333. The van der Waals surface area contributed by atoms with Crippen LogP contribution < -0.4 is 16.0 Å². The van der Waals surface area contributed by atoms with E-state index in [-0.39, 0.29) is 11.4 Å². The van der Waals surface area contributed by atoms with Gasteiger partial charge in [-0.25, -0.2) is 9.83 Å². The zero-order valence-electron chi connectivity index (χ0n) is 16.2. The molecule has 1 aliphatic heterocycles.